The van der Waals surface area contributed by atoms with Gasteiger partial charge in [0.15, 0.2) is 0 Å². The van der Waals surface area contributed by atoms with Gasteiger partial charge in [0.25, 0.3) is 5.91 Å². The van der Waals surface area contributed by atoms with Gasteiger partial charge in [-0.2, -0.15) is 13.2 Å². The summed E-state index contributed by atoms with van der Waals surface area (Å²) in [5.74, 6) is -1.15. The van der Waals surface area contributed by atoms with E-state index in [2.05, 4.69) is 5.32 Å². The summed E-state index contributed by atoms with van der Waals surface area (Å²) in [6, 6.07) is 12.4. The first kappa shape index (κ1) is 21.7. The van der Waals surface area contributed by atoms with Gasteiger partial charge in [0.05, 0.1) is 12.0 Å². The van der Waals surface area contributed by atoms with Crippen LogP contribution in [0.2, 0.25) is 0 Å². The number of alkyl halides is 3. The van der Waals surface area contributed by atoms with Crippen LogP contribution in [0.15, 0.2) is 53.4 Å². The first-order valence-corrected chi connectivity index (χ1v) is 11.1. The second kappa shape index (κ2) is 8.57. The summed E-state index contributed by atoms with van der Waals surface area (Å²) in [5.41, 5.74) is -2.85. The summed E-state index contributed by atoms with van der Waals surface area (Å²) in [6.45, 7) is 0. The van der Waals surface area contributed by atoms with E-state index in [-0.39, 0.29) is 34.5 Å². The van der Waals surface area contributed by atoms with Crippen molar-refractivity contribution in [1.29, 1.82) is 0 Å². The standard InChI is InChI=1S/C23H23F3N2O2S/c1-28-20(14-7-6-10-16(13-14)31-23(24,25)26)19(21(29)27-15-8-2-3-9-15)17-11-4-5-12-18(17)22(28)30/h4-7,10-13,15,19-20H,2-3,8-9H2,1H3,(H,27,29). The second-order valence-corrected chi connectivity index (χ2v) is 9.17. The third-order valence-corrected chi connectivity index (χ3v) is 6.72. The van der Waals surface area contributed by atoms with E-state index in [1.165, 1.54) is 23.1 Å². The van der Waals surface area contributed by atoms with Crippen LogP contribution in [0.3, 0.4) is 0 Å². The Labute approximate surface area is 183 Å². The number of thioether (sulfide) groups is 1. The first-order valence-electron chi connectivity index (χ1n) is 10.3. The van der Waals surface area contributed by atoms with Gasteiger partial charge >= 0.3 is 5.51 Å². The lowest BCUT2D eigenvalue weighted by Crippen LogP contribution is -2.47. The molecule has 2 aromatic carbocycles. The van der Waals surface area contributed by atoms with Crippen LogP contribution in [-0.4, -0.2) is 35.3 Å². The molecule has 2 unspecified atom stereocenters. The minimum absolute atomic E-state index is 0.0275. The predicted octanol–water partition coefficient (Wildman–Crippen LogP) is 5.27. The van der Waals surface area contributed by atoms with E-state index in [0.717, 1.165) is 25.7 Å². The highest BCUT2D eigenvalue weighted by molar-refractivity contribution is 8.00. The molecule has 1 aliphatic carbocycles. The summed E-state index contributed by atoms with van der Waals surface area (Å²) in [7, 11) is 1.60. The van der Waals surface area contributed by atoms with Crippen LogP contribution in [-0.2, 0) is 4.79 Å². The van der Waals surface area contributed by atoms with Gasteiger partial charge in [0, 0.05) is 23.5 Å². The quantitative estimate of drug-likeness (QED) is 0.649. The molecule has 1 N–H and O–H groups in total. The zero-order chi connectivity index (χ0) is 22.2. The van der Waals surface area contributed by atoms with Crippen molar-refractivity contribution in [2.45, 2.75) is 54.1 Å². The number of amides is 2. The van der Waals surface area contributed by atoms with E-state index in [1.54, 1.807) is 37.4 Å². The van der Waals surface area contributed by atoms with E-state index in [0.29, 0.717) is 16.7 Å². The molecule has 0 spiro atoms. The Morgan fingerprint density at radius 3 is 2.52 bits per heavy atom. The fraction of sp³-hybridized carbons (Fsp3) is 0.391. The average Bonchev–Trinajstić information content (AvgIpc) is 3.22. The Morgan fingerprint density at radius 2 is 1.81 bits per heavy atom. The van der Waals surface area contributed by atoms with Gasteiger partial charge in [-0.1, -0.05) is 43.2 Å². The molecule has 4 nitrogen and oxygen atoms in total. The zero-order valence-corrected chi connectivity index (χ0v) is 17.8. The van der Waals surface area contributed by atoms with Crippen molar-refractivity contribution >= 4 is 23.6 Å². The number of fused-ring (bicyclic) bond motifs is 1. The van der Waals surface area contributed by atoms with Crippen molar-refractivity contribution in [3.8, 4) is 0 Å². The first-order chi connectivity index (χ1) is 14.7. The summed E-state index contributed by atoms with van der Waals surface area (Å²) in [4.78, 5) is 28.0. The molecule has 2 amide bonds. The highest BCUT2D eigenvalue weighted by atomic mass is 32.2. The molecule has 0 bridgehead atoms. The molecule has 2 aliphatic rings. The number of nitrogens with one attached hydrogen (secondary N) is 1. The Kier molecular flexibility index (Phi) is 6.01. The van der Waals surface area contributed by atoms with Crippen LogP contribution in [0.5, 0.6) is 0 Å². The summed E-state index contributed by atoms with van der Waals surface area (Å²) in [5, 5.41) is 3.12. The maximum Gasteiger partial charge on any atom is 0.446 e. The van der Waals surface area contributed by atoms with Crippen molar-refractivity contribution < 1.29 is 22.8 Å². The number of likely N-dealkylation sites (N-methyl/N-ethyl adjacent to an activating group) is 1. The minimum Gasteiger partial charge on any atom is -0.353 e. The van der Waals surface area contributed by atoms with E-state index in [1.807, 2.05) is 0 Å². The lowest BCUT2D eigenvalue weighted by Gasteiger charge is -2.40. The SMILES string of the molecule is CN1C(=O)c2ccccc2C(C(=O)NC2CCCC2)C1c1cccc(SC(F)(F)F)c1. The number of hydrogen-bond acceptors (Lipinski definition) is 3. The van der Waals surface area contributed by atoms with E-state index in [9.17, 15) is 22.8 Å². The summed E-state index contributed by atoms with van der Waals surface area (Å²) >= 11 is -0.202. The molecule has 164 valence electrons. The zero-order valence-electron chi connectivity index (χ0n) is 17.0. The molecule has 31 heavy (non-hydrogen) atoms. The average molecular weight is 449 g/mol. The van der Waals surface area contributed by atoms with Gasteiger partial charge in [0.1, 0.15) is 0 Å². The van der Waals surface area contributed by atoms with E-state index >= 15 is 0 Å². The van der Waals surface area contributed by atoms with Gasteiger partial charge in [-0.15, -0.1) is 0 Å². The number of carbonyl (C=O) groups is 2. The van der Waals surface area contributed by atoms with Crippen molar-refractivity contribution in [2.75, 3.05) is 7.05 Å². The summed E-state index contributed by atoms with van der Waals surface area (Å²) in [6.07, 6.45) is 3.95. The maximum atomic E-state index is 13.4. The molecule has 1 saturated carbocycles. The molecule has 4 rings (SSSR count). The molecule has 2 atom stereocenters. The van der Waals surface area contributed by atoms with Crippen molar-refractivity contribution in [1.82, 2.24) is 10.2 Å². The highest BCUT2D eigenvalue weighted by Crippen LogP contribution is 2.44. The molecule has 0 saturated heterocycles. The third kappa shape index (κ3) is 4.59. The lowest BCUT2D eigenvalue weighted by molar-refractivity contribution is -0.124. The number of benzene rings is 2. The molecule has 1 aliphatic heterocycles. The van der Waals surface area contributed by atoms with E-state index < -0.39 is 17.5 Å². The lowest BCUT2D eigenvalue weighted by atomic mass is 9.79. The molecule has 2 aromatic rings. The maximum absolute atomic E-state index is 13.4. The monoisotopic (exact) mass is 448 g/mol. The fourth-order valence-corrected chi connectivity index (χ4v) is 5.24. The number of hydrogen-bond donors (Lipinski definition) is 1. The normalized spacial score (nSPS) is 21.8. The minimum atomic E-state index is -4.42. The smallest absolute Gasteiger partial charge is 0.353 e. The number of rotatable bonds is 4. The van der Waals surface area contributed by atoms with Crippen LogP contribution in [0.1, 0.15) is 59.1 Å². The van der Waals surface area contributed by atoms with Crippen LogP contribution in [0.25, 0.3) is 0 Å². The van der Waals surface area contributed by atoms with Gasteiger partial charge in [-0.25, -0.2) is 0 Å². The molecule has 0 aromatic heterocycles. The molecule has 1 fully saturated rings. The van der Waals surface area contributed by atoms with Crippen molar-refractivity contribution in [2.24, 2.45) is 0 Å². The number of halogens is 3. The van der Waals surface area contributed by atoms with Gasteiger partial charge < -0.3 is 10.2 Å². The molecular weight excluding hydrogens is 425 g/mol. The second-order valence-electron chi connectivity index (χ2n) is 8.04. The Bertz CT molecular complexity index is 989. The van der Waals surface area contributed by atoms with Crippen LogP contribution in [0.4, 0.5) is 13.2 Å². The molecule has 0 radical (unpaired) electrons. The number of carbonyl (C=O) groups excluding carboxylic acids is 2. The summed E-state index contributed by atoms with van der Waals surface area (Å²) < 4.78 is 38.8. The highest BCUT2D eigenvalue weighted by Gasteiger charge is 2.43. The van der Waals surface area contributed by atoms with Crippen LogP contribution < -0.4 is 5.32 Å². The third-order valence-electron chi connectivity index (χ3n) is 6.00. The predicted molar refractivity (Wildman–Crippen MR) is 113 cm³/mol. The number of nitrogens with zero attached hydrogens (tertiary/aromatic N) is 1. The van der Waals surface area contributed by atoms with E-state index in [4.69, 9.17) is 0 Å². The van der Waals surface area contributed by atoms with Crippen molar-refractivity contribution in [3.63, 3.8) is 0 Å². The molecule has 1 heterocycles. The van der Waals surface area contributed by atoms with Gasteiger partial charge in [-0.3, -0.25) is 9.59 Å². The van der Waals surface area contributed by atoms with Crippen LogP contribution >= 0.6 is 11.8 Å². The molecular formula is C23H23F3N2O2S. The molecule has 8 heteroatoms. The Morgan fingerprint density at radius 1 is 1.10 bits per heavy atom. The Balaban J connectivity index is 1.76. The van der Waals surface area contributed by atoms with Crippen molar-refractivity contribution in [3.05, 3.63) is 65.2 Å². The topological polar surface area (TPSA) is 49.4 Å². The van der Waals surface area contributed by atoms with Crippen LogP contribution in [0, 0.1) is 0 Å². The fourth-order valence-electron chi connectivity index (χ4n) is 4.63. The largest absolute Gasteiger partial charge is 0.446 e. The van der Waals surface area contributed by atoms with Gasteiger partial charge in [0.2, 0.25) is 5.91 Å². The Hall–Kier alpha value is -2.48. The van der Waals surface area contributed by atoms with Gasteiger partial charge in [-0.05, 0) is 53.9 Å².